The molecule has 0 spiro atoms. The van der Waals surface area contributed by atoms with Crippen LogP contribution in [0, 0.1) is 6.92 Å². The quantitative estimate of drug-likeness (QED) is 0.366. The number of aromatic nitrogens is 3. The summed E-state index contributed by atoms with van der Waals surface area (Å²) in [5.41, 5.74) is 3.99. The van der Waals surface area contributed by atoms with Crippen LogP contribution < -0.4 is 14.8 Å². The maximum absolute atomic E-state index is 13.6. The molecule has 9 nitrogen and oxygen atoms in total. The topological polar surface area (TPSA) is 112 Å². The van der Waals surface area contributed by atoms with Crippen molar-refractivity contribution in [2.75, 3.05) is 32.3 Å². The summed E-state index contributed by atoms with van der Waals surface area (Å²) in [6.07, 6.45) is 1.07. The van der Waals surface area contributed by atoms with Crippen LogP contribution in [0.2, 0.25) is 0 Å². The highest BCUT2D eigenvalue weighted by atomic mass is 32.2. The van der Waals surface area contributed by atoms with Gasteiger partial charge in [-0.15, -0.1) is 0 Å². The van der Waals surface area contributed by atoms with Gasteiger partial charge in [-0.05, 0) is 61.7 Å². The summed E-state index contributed by atoms with van der Waals surface area (Å²) in [5.74, 6) is 1.37. The molecular formula is C28H30N4O5S. The highest BCUT2D eigenvalue weighted by molar-refractivity contribution is 7.91. The van der Waals surface area contributed by atoms with E-state index in [1.165, 1.54) is 0 Å². The van der Waals surface area contributed by atoms with Crippen LogP contribution in [0.3, 0.4) is 0 Å². The Balaban J connectivity index is 1.53. The molecule has 2 aromatic carbocycles. The average Bonchev–Trinajstić information content (AvgIpc) is 3.46. The van der Waals surface area contributed by atoms with Crippen molar-refractivity contribution in [3.8, 4) is 22.8 Å². The van der Waals surface area contributed by atoms with Gasteiger partial charge in [-0.2, -0.15) is 5.10 Å². The standard InChI is InChI=1S/C28H30N4O5S/c1-18-26-23(28(33)29-14-12-20-6-4-5-7-25(20)37-3)16-24(19-8-10-22(36-2)11-9-19)30-27(26)32(31-18)21-13-15-38(34,35)17-21/h4-11,16,21H,12-15,17H2,1-3H3,(H,29,33). The number of hydrogen-bond donors (Lipinski definition) is 1. The summed E-state index contributed by atoms with van der Waals surface area (Å²) in [6.45, 7) is 2.23. The number of methoxy groups -OCH3 is 2. The van der Waals surface area contributed by atoms with Gasteiger partial charge < -0.3 is 14.8 Å². The predicted molar refractivity (Wildman–Crippen MR) is 146 cm³/mol. The first kappa shape index (κ1) is 25.7. The molecule has 1 N–H and O–H groups in total. The lowest BCUT2D eigenvalue weighted by Gasteiger charge is -2.13. The first-order valence-electron chi connectivity index (χ1n) is 12.4. The molecule has 1 saturated heterocycles. The second-order valence-electron chi connectivity index (χ2n) is 9.39. The molecule has 2 aromatic heterocycles. The Kier molecular flexibility index (Phi) is 7.07. The molecule has 198 valence electrons. The zero-order valence-corrected chi connectivity index (χ0v) is 22.4. The van der Waals surface area contributed by atoms with E-state index in [0.29, 0.717) is 53.1 Å². The second kappa shape index (κ2) is 10.4. The van der Waals surface area contributed by atoms with Gasteiger partial charge in [0.1, 0.15) is 11.5 Å². The van der Waals surface area contributed by atoms with E-state index in [-0.39, 0.29) is 23.5 Å². The monoisotopic (exact) mass is 534 g/mol. The fourth-order valence-electron chi connectivity index (χ4n) is 4.94. The van der Waals surface area contributed by atoms with Gasteiger partial charge in [0.2, 0.25) is 0 Å². The van der Waals surface area contributed by atoms with E-state index >= 15 is 0 Å². The van der Waals surface area contributed by atoms with E-state index in [0.717, 1.165) is 16.9 Å². The van der Waals surface area contributed by atoms with Gasteiger partial charge in [0, 0.05) is 12.1 Å². The summed E-state index contributed by atoms with van der Waals surface area (Å²) >= 11 is 0. The maximum atomic E-state index is 13.6. The number of fused-ring (bicyclic) bond motifs is 1. The van der Waals surface area contributed by atoms with Crippen LogP contribution in [0.4, 0.5) is 0 Å². The highest BCUT2D eigenvalue weighted by Crippen LogP contribution is 2.32. The van der Waals surface area contributed by atoms with Crippen LogP contribution in [-0.4, -0.2) is 61.4 Å². The molecule has 5 rings (SSSR count). The summed E-state index contributed by atoms with van der Waals surface area (Å²) in [7, 11) is 0.0921. The van der Waals surface area contributed by atoms with Gasteiger partial charge >= 0.3 is 0 Å². The van der Waals surface area contributed by atoms with Crippen molar-refractivity contribution in [3.05, 3.63) is 71.4 Å². The lowest BCUT2D eigenvalue weighted by molar-refractivity contribution is 0.0955. The number of benzene rings is 2. The molecular weight excluding hydrogens is 504 g/mol. The van der Waals surface area contributed by atoms with Gasteiger partial charge in [0.25, 0.3) is 5.91 Å². The Hall–Kier alpha value is -3.92. The van der Waals surface area contributed by atoms with Crippen LogP contribution in [-0.2, 0) is 16.3 Å². The minimum absolute atomic E-state index is 0.0120. The van der Waals surface area contributed by atoms with Crippen LogP contribution >= 0.6 is 0 Å². The predicted octanol–water partition coefficient (Wildman–Crippen LogP) is 3.76. The van der Waals surface area contributed by atoms with Gasteiger partial charge in [-0.1, -0.05) is 18.2 Å². The molecule has 0 radical (unpaired) electrons. The number of carbonyl (C=O) groups is 1. The van der Waals surface area contributed by atoms with Crippen molar-refractivity contribution in [1.29, 1.82) is 0 Å². The summed E-state index contributed by atoms with van der Waals surface area (Å²) < 4.78 is 36.8. The number of hydrogen-bond acceptors (Lipinski definition) is 7. The minimum Gasteiger partial charge on any atom is -0.497 e. The molecule has 1 fully saturated rings. The normalized spacial score (nSPS) is 16.4. The molecule has 1 unspecified atom stereocenters. The summed E-state index contributed by atoms with van der Waals surface area (Å²) in [6, 6.07) is 16.6. The largest absolute Gasteiger partial charge is 0.497 e. The van der Waals surface area contributed by atoms with Crippen molar-refractivity contribution in [1.82, 2.24) is 20.1 Å². The van der Waals surface area contributed by atoms with Crippen LogP contribution in [0.5, 0.6) is 11.5 Å². The fourth-order valence-corrected chi connectivity index (χ4v) is 6.63. The Bertz CT molecular complexity index is 1600. The van der Waals surface area contributed by atoms with E-state index in [1.54, 1.807) is 25.0 Å². The van der Waals surface area contributed by atoms with Crippen LogP contribution in [0.15, 0.2) is 54.6 Å². The molecule has 1 aliphatic heterocycles. The van der Waals surface area contributed by atoms with Crippen LogP contribution in [0.1, 0.15) is 34.1 Å². The molecule has 4 aromatic rings. The Morgan fingerprint density at radius 2 is 1.87 bits per heavy atom. The average molecular weight is 535 g/mol. The number of nitrogens with zero attached hydrogens (tertiary/aromatic N) is 3. The Morgan fingerprint density at radius 1 is 1.11 bits per heavy atom. The van der Waals surface area contributed by atoms with E-state index in [1.807, 2.05) is 55.5 Å². The zero-order valence-electron chi connectivity index (χ0n) is 21.6. The number of ether oxygens (including phenoxy) is 2. The number of amides is 1. The van der Waals surface area contributed by atoms with E-state index in [4.69, 9.17) is 14.5 Å². The number of carbonyl (C=O) groups excluding carboxylic acids is 1. The van der Waals surface area contributed by atoms with Crippen molar-refractivity contribution in [2.24, 2.45) is 0 Å². The second-order valence-corrected chi connectivity index (χ2v) is 11.6. The molecule has 1 atom stereocenters. The van der Waals surface area contributed by atoms with Crippen molar-refractivity contribution in [2.45, 2.75) is 25.8 Å². The number of rotatable bonds is 8. The first-order chi connectivity index (χ1) is 18.3. The lowest BCUT2D eigenvalue weighted by Crippen LogP contribution is -2.26. The molecule has 1 aliphatic rings. The van der Waals surface area contributed by atoms with E-state index in [9.17, 15) is 13.2 Å². The number of aryl methyl sites for hydroxylation is 1. The van der Waals surface area contributed by atoms with E-state index < -0.39 is 9.84 Å². The number of pyridine rings is 1. The van der Waals surface area contributed by atoms with E-state index in [2.05, 4.69) is 10.4 Å². The fraction of sp³-hybridized carbons (Fsp3) is 0.321. The molecule has 0 saturated carbocycles. The molecule has 3 heterocycles. The molecule has 0 bridgehead atoms. The summed E-state index contributed by atoms with van der Waals surface area (Å²) in [5, 5.41) is 8.32. The minimum atomic E-state index is -3.14. The van der Waals surface area contributed by atoms with Crippen molar-refractivity contribution >= 4 is 26.8 Å². The third kappa shape index (κ3) is 5.08. The zero-order chi connectivity index (χ0) is 26.9. The van der Waals surface area contributed by atoms with Gasteiger partial charge in [-0.3, -0.25) is 4.79 Å². The smallest absolute Gasteiger partial charge is 0.252 e. The number of para-hydroxylation sites is 1. The summed E-state index contributed by atoms with van der Waals surface area (Å²) in [4.78, 5) is 18.4. The van der Waals surface area contributed by atoms with Gasteiger partial charge in [-0.25, -0.2) is 18.1 Å². The van der Waals surface area contributed by atoms with Crippen molar-refractivity contribution < 1.29 is 22.7 Å². The molecule has 38 heavy (non-hydrogen) atoms. The number of sulfone groups is 1. The van der Waals surface area contributed by atoms with Gasteiger partial charge in [0.05, 0.1) is 54.1 Å². The Labute approximate surface area is 221 Å². The molecule has 0 aliphatic carbocycles. The molecule has 10 heteroatoms. The number of nitrogens with one attached hydrogen (secondary N) is 1. The molecule has 1 amide bonds. The first-order valence-corrected chi connectivity index (χ1v) is 14.3. The Morgan fingerprint density at radius 3 is 2.55 bits per heavy atom. The SMILES string of the molecule is COc1ccc(-c2cc(C(=O)NCCc3ccccc3OC)c3c(C)nn(C4CCS(=O)(=O)C4)c3n2)cc1. The third-order valence-corrected chi connectivity index (χ3v) is 8.64. The highest BCUT2D eigenvalue weighted by Gasteiger charge is 2.32. The van der Waals surface area contributed by atoms with Crippen LogP contribution in [0.25, 0.3) is 22.3 Å². The maximum Gasteiger partial charge on any atom is 0.252 e. The van der Waals surface area contributed by atoms with Gasteiger partial charge in [0.15, 0.2) is 15.5 Å². The lowest BCUT2D eigenvalue weighted by atomic mass is 10.0. The van der Waals surface area contributed by atoms with Crippen molar-refractivity contribution in [3.63, 3.8) is 0 Å². The third-order valence-electron chi connectivity index (χ3n) is 6.89.